The number of aliphatic hydroxyl groups excluding tert-OH is 2. The van der Waals surface area contributed by atoms with E-state index in [1.807, 2.05) is 0 Å². The van der Waals surface area contributed by atoms with Gasteiger partial charge in [0, 0.05) is 0 Å². The van der Waals surface area contributed by atoms with Crippen LogP contribution < -0.4 is 0 Å². The third-order valence-electron chi connectivity index (χ3n) is 1.25. The first-order valence-electron chi connectivity index (χ1n) is 3.95. The Balaban J connectivity index is 4.21. The van der Waals surface area contributed by atoms with E-state index in [0.717, 1.165) is 0 Å². The summed E-state index contributed by atoms with van der Waals surface area (Å²) < 4.78 is 18.5. The van der Waals surface area contributed by atoms with Crippen LogP contribution >= 0.6 is 7.82 Å². The first-order valence-corrected chi connectivity index (χ1v) is 5.48. The summed E-state index contributed by atoms with van der Waals surface area (Å²) in [5.41, 5.74) is 0. The SMILES string of the molecule is O=CC(O)COC(=O)C(CO)OP(=O)(O)O. The minimum atomic E-state index is -4.94. The highest BCUT2D eigenvalue weighted by molar-refractivity contribution is 7.46. The van der Waals surface area contributed by atoms with Gasteiger partial charge in [-0.1, -0.05) is 0 Å². The Morgan fingerprint density at radius 1 is 1.44 bits per heavy atom. The number of hydrogen-bond donors (Lipinski definition) is 4. The molecule has 94 valence electrons. The van der Waals surface area contributed by atoms with Crippen LogP contribution in [0.25, 0.3) is 0 Å². The Morgan fingerprint density at radius 2 is 2.00 bits per heavy atom. The van der Waals surface area contributed by atoms with Gasteiger partial charge in [0.15, 0.2) is 12.4 Å². The molecule has 0 aliphatic heterocycles. The summed E-state index contributed by atoms with van der Waals surface area (Å²) >= 11 is 0. The van der Waals surface area contributed by atoms with Crippen molar-refractivity contribution in [3.63, 3.8) is 0 Å². The Bertz CT molecular complexity index is 284. The van der Waals surface area contributed by atoms with Crippen molar-refractivity contribution < 1.29 is 43.4 Å². The maximum Gasteiger partial charge on any atom is 0.470 e. The lowest BCUT2D eigenvalue weighted by atomic mass is 10.4. The summed E-state index contributed by atoms with van der Waals surface area (Å²) in [6.07, 6.45) is -3.32. The molecule has 9 nitrogen and oxygen atoms in total. The van der Waals surface area contributed by atoms with Crippen LogP contribution in [0.5, 0.6) is 0 Å². The molecule has 0 heterocycles. The van der Waals surface area contributed by atoms with Crippen molar-refractivity contribution in [2.24, 2.45) is 0 Å². The van der Waals surface area contributed by atoms with Gasteiger partial charge in [-0.05, 0) is 0 Å². The Morgan fingerprint density at radius 3 is 2.38 bits per heavy atom. The van der Waals surface area contributed by atoms with E-state index >= 15 is 0 Å². The van der Waals surface area contributed by atoms with Crippen LogP contribution in [-0.4, -0.2) is 57.7 Å². The van der Waals surface area contributed by atoms with Gasteiger partial charge in [-0.3, -0.25) is 4.52 Å². The van der Waals surface area contributed by atoms with Crippen molar-refractivity contribution in [1.29, 1.82) is 0 Å². The van der Waals surface area contributed by atoms with Crippen molar-refractivity contribution in [3.8, 4) is 0 Å². The molecule has 0 rings (SSSR count). The maximum atomic E-state index is 11.0. The second-order valence-electron chi connectivity index (χ2n) is 2.60. The normalized spacial score (nSPS) is 15.2. The van der Waals surface area contributed by atoms with Crippen LogP contribution in [0.15, 0.2) is 0 Å². The van der Waals surface area contributed by atoms with Crippen molar-refractivity contribution in [2.75, 3.05) is 13.2 Å². The van der Waals surface area contributed by atoms with Gasteiger partial charge in [-0.25, -0.2) is 9.36 Å². The van der Waals surface area contributed by atoms with Crippen LogP contribution in [0.3, 0.4) is 0 Å². The molecule has 0 aromatic rings. The number of aliphatic hydroxyl groups is 2. The van der Waals surface area contributed by atoms with Gasteiger partial charge in [-0.2, -0.15) is 0 Å². The predicted molar refractivity (Wildman–Crippen MR) is 47.0 cm³/mol. The fourth-order valence-electron chi connectivity index (χ4n) is 0.616. The Labute approximate surface area is 89.8 Å². The van der Waals surface area contributed by atoms with Crippen LogP contribution in [0.4, 0.5) is 0 Å². The minimum Gasteiger partial charge on any atom is -0.460 e. The van der Waals surface area contributed by atoms with Gasteiger partial charge in [0.2, 0.25) is 0 Å². The van der Waals surface area contributed by atoms with Crippen molar-refractivity contribution in [3.05, 3.63) is 0 Å². The van der Waals surface area contributed by atoms with Gasteiger partial charge in [0.25, 0.3) is 0 Å². The third kappa shape index (κ3) is 6.62. The summed E-state index contributed by atoms with van der Waals surface area (Å²) in [5, 5.41) is 17.3. The monoisotopic (exact) mass is 258 g/mol. The van der Waals surface area contributed by atoms with E-state index in [2.05, 4.69) is 9.26 Å². The lowest BCUT2D eigenvalue weighted by Crippen LogP contribution is -2.31. The van der Waals surface area contributed by atoms with Crippen molar-refractivity contribution in [1.82, 2.24) is 0 Å². The van der Waals surface area contributed by atoms with Gasteiger partial charge in [0.05, 0.1) is 6.61 Å². The molecule has 0 spiro atoms. The number of phosphoric acid groups is 1. The van der Waals surface area contributed by atoms with Crippen LogP contribution in [-0.2, 0) is 23.4 Å². The summed E-state index contributed by atoms with van der Waals surface area (Å²) in [6.45, 7) is -1.70. The highest BCUT2D eigenvalue weighted by atomic mass is 31.2. The molecule has 0 amide bonds. The first-order chi connectivity index (χ1) is 7.30. The molecule has 0 aliphatic rings. The van der Waals surface area contributed by atoms with E-state index in [9.17, 15) is 14.2 Å². The standard InChI is InChI=1S/C6H11O9P/c7-1-4(9)3-14-6(10)5(2-8)15-16(11,12)13/h1,4-5,8-9H,2-3H2,(H2,11,12,13). The summed E-state index contributed by atoms with van der Waals surface area (Å²) in [5.74, 6) is -1.30. The van der Waals surface area contributed by atoms with E-state index in [0.29, 0.717) is 0 Å². The second-order valence-corrected chi connectivity index (χ2v) is 3.79. The molecule has 0 bridgehead atoms. The molecule has 16 heavy (non-hydrogen) atoms. The zero-order valence-corrected chi connectivity index (χ0v) is 8.82. The van der Waals surface area contributed by atoms with E-state index in [4.69, 9.17) is 20.0 Å². The molecule has 10 heteroatoms. The Hall–Kier alpha value is -0.830. The topological polar surface area (TPSA) is 151 Å². The number of esters is 1. The molecule has 0 aliphatic carbocycles. The summed E-state index contributed by atoms with van der Waals surface area (Å²) in [6, 6.07) is 0. The fraction of sp³-hybridized carbons (Fsp3) is 0.667. The zero-order chi connectivity index (χ0) is 12.8. The highest BCUT2D eigenvalue weighted by Crippen LogP contribution is 2.37. The third-order valence-corrected chi connectivity index (χ3v) is 1.78. The lowest BCUT2D eigenvalue weighted by Gasteiger charge is -2.15. The highest BCUT2D eigenvalue weighted by Gasteiger charge is 2.29. The second kappa shape index (κ2) is 6.69. The van der Waals surface area contributed by atoms with E-state index in [-0.39, 0.29) is 6.29 Å². The van der Waals surface area contributed by atoms with Gasteiger partial charge < -0.3 is 29.5 Å². The number of hydrogen-bond acceptors (Lipinski definition) is 7. The smallest absolute Gasteiger partial charge is 0.460 e. The number of rotatable bonds is 7. The minimum absolute atomic E-state index is 0.102. The molecule has 4 N–H and O–H groups in total. The quantitative estimate of drug-likeness (QED) is 0.222. The van der Waals surface area contributed by atoms with E-state index in [1.54, 1.807) is 0 Å². The molecule has 0 aromatic carbocycles. The molecule has 2 unspecified atom stereocenters. The van der Waals surface area contributed by atoms with Crippen molar-refractivity contribution >= 4 is 20.1 Å². The molecule has 0 saturated carbocycles. The van der Waals surface area contributed by atoms with Crippen LogP contribution in [0, 0.1) is 0 Å². The summed E-state index contributed by atoms with van der Waals surface area (Å²) in [4.78, 5) is 37.6. The maximum absolute atomic E-state index is 11.0. The number of carbonyl (C=O) groups is 2. The molecule has 2 atom stereocenters. The predicted octanol–water partition coefficient (Wildman–Crippen LogP) is -2.44. The van der Waals surface area contributed by atoms with Crippen LogP contribution in [0.2, 0.25) is 0 Å². The van der Waals surface area contributed by atoms with E-state index in [1.165, 1.54) is 0 Å². The number of aldehydes is 1. The fourth-order valence-corrected chi connectivity index (χ4v) is 1.10. The van der Waals surface area contributed by atoms with Gasteiger partial charge in [-0.15, -0.1) is 0 Å². The number of carbonyl (C=O) groups excluding carboxylic acids is 2. The van der Waals surface area contributed by atoms with Gasteiger partial charge >= 0.3 is 13.8 Å². The molecule has 0 radical (unpaired) electrons. The number of phosphoric ester groups is 1. The number of ether oxygens (including phenoxy) is 1. The molecule has 0 aromatic heterocycles. The van der Waals surface area contributed by atoms with Gasteiger partial charge in [0.1, 0.15) is 12.7 Å². The Kier molecular flexibility index (Phi) is 6.34. The largest absolute Gasteiger partial charge is 0.470 e. The van der Waals surface area contributed by atoms with E-state index < -0.39 is 39.2 Å². The zero-order valence-electron chi connectivity index (χ0n) is 7.92. The lowest BCUT2D eigenvalue weighted by molar-refractivity contribution is -0.157. The molecule has 0 fully saturated rings. The first kappa shape index (κ1) is 15.2. The average molecular weight is 258 g/mol. The average Bonchev–Trinajstić information content (AvgIpc) is 2.20. The van der Waals surface area contributed by atoms with Crippen LogP contribution in [0.1, 0.15) is 0 Å². The van der Waals surface area contributed by atoms with Crippen molar-refractivity contribution in [2.45, 2.75) is 12.2 Å². The summed E-state index contributed by atoms with van der Waals surface area (Å²) in [7, 11) is -4.94. The molecular weight excluding hydrogens is 247 g/mol. The molecule has 0 saturated heterocycles. The molecular formula is C6H11O9P.